The second kappa shape index (κ2) is 6.63. The molecule has 1 fully saturated rings. The van der Waals surface area contributed by atoms with Gasteiger partial charge in [0, 0.05) is 19.8 Å². The molecule has 5 heteroatoms. The Bertz CT molecular complexity index is 193. The van der Waals surface area contributed by atoms with Crippen molar-refractivity contribution in [3.05, 3.63) is 0 Å². The van der Waals surface area contributed by atoms with Crippen LogP contribution in [0.1, 0.15) is 19.3 Å². The van der Waals surface area contributed by atoms with Gasteiger partial charge in [-0.2, -0.15) is 0 Å². The molecule has 0 aromatic carbocycles. The Labute approximate surface area is 90.2 Å². The van der Waals surface area contributed by atoms with Crippen LogP contribution in [0.2, 0.25) is 0 Å². The van der Waals surface area contributed by atoms with E-state index in [-0.39, 0.29) is 6.04 Å². The van der Waals surface area contributed by atoms with E-state index in [0.29, 0.717) is 12.5 Å². The van der Waals surface area contributed by atoms with E-state index < -0.39 is 6.09 Å². The number of carbonyl (C=O) groups is 1. The van der Waals surface area contributed by atoms with Crippen LogP contribution in [0.4, 0.5) is 4.79 Å². The molecule has 1 unspecified atom stereocenters. The zero-order chi connectivity index (χ0) is 11.1. The van der Waals surface area contributed by atoms with Gasteiger partial charge in [-0.15, -0.1) is 0 Å². The lowest BCUT2D eigenvalue weighted by atomic mass is 9.90. The van der Waals surface area contributed by atoms with E-state index in [9.17, 15) is 4.79 Å². The average molecular weight is 216 g/mol. The molecule has 15 heavy (non-hydrogen) atoms. The van der Waals surface area contributed by atoms with Crippen LogP contribution in [0.3, 0.4) is 0 Å². The third-order valence-corrected chi connectivity index (χ3v) is 2.85. The van der Waals surface area contributed by atoms with Crippen molar-refractivity contribution in [1.29, 1.82) is 0 Å². The minimum Gasteiger partial charge on any atom is -0.465 e. The van der Waals surface area contributed by atoms with Gasteiger partial charge in [0.2, 0.25) is 0 Å². The molecule has 1 rings (SSSR count). The molecule has 1 amide bonds. The summed E-state index contributed by atoms with van der Waals surface area (Å²) in [5.74, 6) is 0.394. The normalized spacial score (nSPS) is 23.4. The Hall–Kier alpha value is -0.810. The zero-order valence-corrected chi connectivity index (χ0v) is 9.16. The van der Waals surface area contributed by atoms with Gasteiger partial charge in [-0.1, -0.05) is 0 Å². The molecule has 1 aliphatic heterocycles. The van der Waals surface area contributed by atoms with Crippen molar-refractivity contribution in [2.45, 2.75) is 25.3 Å². The molecule has 2 atom stereocenters. The van der Waals surface area contributed by atoms with Gasteiger partial charge in [0.25, 0.3) is 0 Å². The highest BCUT2D eigenvalue weighted by atomic mass is 16.5. The number of amides is 1. The predicted octanol–water partition coefficient (Wildman–Crippen LogP) is 0.659. The van der Waals surface area contributed by atoms with Crippen LogP contribution in [-0.2, 0) is 4.74 Å². The molecule has 1 aliphatic rings. The van der Waals surface area contributed by atoms with Crippen molar-refractivity contribution < 1.29 is 14.6 Å². The van der Waals surface area contributed by atoms with Crippen molar-refractivity contribution in [2.24, 2.45) is 5.92 Å². The van der Waals surface area contributed by atoms with Crippen LogP contribution < -0.4 is 10.6 Å². The maximum atomic E-state index is 10.6. The van der Waals surface area contributed by atoms with Crippen molar-refractivity contribution in [3.8, 4) is 0 Å². The number of rotatable bonds is 5. The molecule has 0 radical (unpaired) electrons. The fourth-order valence-electron chi connectivity index (χ4n) is 2.05. The molecule has 0 bridgehead atoms. The second-order valence-electron chi connectivity index (χ2n) is 3.94. The van der Waals surface area contributed by atoms with Crippen molar-refractivity contribution in [3.63, 3.8) is 0 Å². The molecule has 88 valence electrons. The molecule has 0 aliphatic carbocycles. The Morgan fingerprint density at radius 3 is 3.07 bits per heavy atom. The molecule has 0 aromatic rings. The largest absolute Gasteiger partial charge is 0.465 e. The summed E-state index contributed by atoms with van der Waals surface area (Å²) in [7, 11) is 1.64. The molecule has 1 saturated heterocycles. The maximum absolute atomic E-state index is 10.6. The van der Waals surface area contributed by atoms with Gasteiger partial charge in [0.1, 0.15) is 0 Å². The third kappa shape index (κ3) is 4.48. The van der Waals surface area contributed by atoms with Crippen LogP contribution in [0.15, 0.2) is 0 Å². The number of ether oxygens (including phenoxy) is 1. The third-order valence-electron chi connectivity index (χ3n) is 2.85. The number of hydrogen-bond acceptors (Lipinski definition) is 3. The standard InChI is InChI=1S/C10H20N2O3/c1-15-6-4-9(12-10(13)14)8-3-2-5-11-7-8/h8-9,11-12H,2-7H2,1H3,(H,13,14)/t8-,9?/m1/s1. The summed E-state index contributed by atoms with van der Waals surface area (Å²) in [6.07, 6.45) is 2.01. The fraction of sp³-hybridized carbons (Fsp3) is 0.900. The summed E-state index contributed by atoms with van der Waals surface area (Å²) in [6, 6.07) is 0.00949. The molecule has 0 aromatic heterocycles. The highest BCUT2D eigenvalue weighted by Gasteiger charge is 2.24. The Morgan fingerprint density at radius 2 is 2.53 bits per heavy atom. The average Bonchev–Trinajstić information content (AvgIpc) is 2.25. The van der Waals surface area contributed by atoms with E-state index in [0.717, 1.165) is 32.4 Å². The lowest BCUT2D eigenvalue weighted by molar-refractivity contribution is 0.150. The van der Waals surface area contributed by atoms with Crippen LogP contribution in [0, 0.1) is 5.92 Å². The molecule has 1 heterocycles. The van der Waals surface area contributed by atoms with Gasteiger partial charge in [0.05, 0.1) is 0 Å². The van der Waals surface area contributed by atoms with Gasteiger partial charge in [-0.05, 0) is 38.3 Å². The fourth-order valence-corrected chi connectivity index (χ4v) is 2.05. The van der Waals surface area contributed by atoms with Gasteiger partial charge in [-0.3, -0.25) is 0 Å². The predicted molar refractivity (Wildman–Crippen MR) is 57.0 cm³/mol. The molecule has 5 nitrogen and oxygen atoms in total. The molecular weight excluding hydrogens is 196 g/mol. The number of methoxy groups -OCH3 is 1. The number of piperidine rings is 1. The number of nitrogens with one attached hydrogen (secondary N) is 2. The van der Waals surface area contributed by atoms with Gasteiger partial charge < -0.3 is 20.5 Å². The van der Waals surface area contributed by atoms with Crippen LogP contribution in [-0.4, -0.2) is 44.0 Å². The van der Waals surface area contributed by atoms with Gasteiger partial charge in [0.15, 0.2) is 0 Å². The molecule has 3 N–H and O–H groups in total. The van der Waals surface area contributed by atoms with Crippen LogP contribution in [0.25, 0.3) is 0 Å². The summed E-state index contributed by atoms with van der Waals surface area (Å²) >= 11 is 0. The van der Waals surface area contributed by atoms with Crippen molar-refractivity contribution in [1.82, 2.24) is 10.6 Å². The van der Waals surface area contributed by atoms with E-state index in [4.69, 9.17) is 9.84 Å². The van der Waals surface area contributed by atoms with E-state index in [1.54, 1.807) is 7.11 Å². The lowest BCUT2D eigenvalue weighted by Crippen LogP contribution is -2.46. The quantitative estimate of drug-likeness (QED) is 0.631. The van der Waals surface area contributed by atoms with E-state index in [1.807, 2.05) is 0 Å². The Kier molecular flexibility index (Phi) is 5.42. The zero-order valence-electron chi connectivity index (χ0n) is 9.16. The van der Waals surface area contributed by atoms with Crippen LogP contribution in [0.5, 0.6) is 0 Å². The summed E-state index contributed by atoms with van der Waals surface area (Å²) < 4.78 is 4.99. The summed E-state index contributed by atoms with van der Waals surface area (Å²) in [5.41, 5.74) is 0. The van der Waals surface area contributed by atoms with Crippen molar-refractivity contribution >= 4 is 6.09 Å². The lowest BCUT2D eigenvalue weighted by Gasteiger charge is -2.30. The number of carboxylic acid groups (broad SMARTS) is 1. The van der Waals surface area contributed by atoms with E-state index in [1.165, 1.54) is 0 Å². The summed E-state index contributed by atoms with van der Waals surface area (Å²) in [5, 5.41) is 14.6. The monoisotopic (exact) mass is 216 g/mol. The summed E-state index contributed by atoms with van der Waals surface area (Å²) in [4.78, 5) is 10.6. The first-order valence-electron chi connectivity index (χ1n) is 5.43. The van der Waals surface area contributed by atoms with Gasteiger partial charge >= 0.3 is 6.09 Å². The first-order chi connectivity index (χ1) is 7.24. The second-order valence-corrected chi connectivity index (χ2v) is 3.94. The SMILES string of the molecule is COCCC(NC(=O)O)[C@@H]1CCCNC1. The molecule has 0 spiro atoms. The van der Waals surface area contributed by atoms with Crippen molar-refractivity contribution in [2.75, 3.05) is 26.8 Å². The van der Waals surface area contributed by atoms with E-state index >= 15 is 0 Å². The minimum atomic E-state index is -0.943. The Balaban J connectivity index is 2.41. The highest BCUT2D eigenvalue weighted by molar-refractivity contribution is 5.64. The topological polar surface area (TPSA) is 70.6 Å². The molecule has 0 saturated carbocycles. The van der Waals surface area contributed by atoms with Crippen LogP contribution >= 0.6 is 0 Å². The highest BCUT2D eigenvalue weighted by Crippen LogP contribution is 2.16. The van der Waals surface area contributed by atoms with E-state index in [2.05, 4.69) is 10.6 Å². The summed E-state index contributed by atoms with van der Waals surface area (Å²) in [6.45, 7) is 2.54. The first kappa shape index (κ1) is 12.3. The Morgan fingerprint density at radius 1 is 1.73 bits per heavy atom. The molecular formula is C10H20N2O3. The minimum absolute atomic E-state index is 0.00949. The smallest absolute Gasteiger partial charge is 0.404 e. The number of hydrogen-bond donors (Lipinski definition) is 3. The van der Waals surface area contributed by atoms with Gasteiger partial charge in [-0.25, -0.2) is 4.79 Å². The maximum Gasteiger partial charge on any atom is 0.404 e. The first-order valence-corrected chi connectivity index (χ1v) is 5.43.